The number of carboxylic acids is 1. The number of piperazine rings is 1. The molecule has 0 saturated carbocycles. The minimum absolute atomic E-state index is 0. The number of sulfonamides is 1. The Bertz CT molecular complexity index is 1600. The summed E-state index contributed by atoms with van der Waals surface area (Å²) in [6, 6.07) is 19.2. The lowest BCUT2D eigenvalue weighted by molar-refractivity contribution is 0.0699. The fourth-order valence-corrected chi connectivity index (χ4v) is 5.48. The van der Waals surface area contributed by atoms with Gasteiger partial charge < -0.3 is 14.9 Å². The van der Waals surface area contributed by atoms with Crippen molar-refractivity contribution in [3.63, 3.8) is 0 Å². The molecular formula is C27H28Cl3FN4O4S. The summed E-state index contributed by atoms with van der Waals surface area (Å²) in [7, 11) is -3.85. The predicted molar refractivity (Wildman–Crippen MR) is 163 cm³/mol. The van der Waals surface area contributed by atoms with Crippen LogP contribution in [0.5, 0.6) is 0 Å². The van der Waals surface area contributed by atoms with Gasteiger partial charge in [-0.1, -0.05) is 29.8 Å². The zero-order valence-electron chi connectivity index (χ0n) is 21.3. The largest absolute Gasteiger partial charge is 0.478 e. The van der Waals surface area contributed by atoms with E-state index >= 15 is 0 Å². The van der Waals surface area contributed by atoms with E-state index in [4.69, 9.17) is 0 Å². The first-order valence-corrected chi connectivity index (χ1v) is 13.2. The Hall–Kier alpha value is -3.31. The van der Waals surface area contributed by atoms with Crippen LogP contribution in [0.4, 0.5) is 21.6 Å². The highest BCUT2D eigenvalue weighted by molar-refractivity contribution is 7.92. The zero-order chi connectivity index (χ0) is 26.2. The molecule has 0 radical (unpaired) electrons. The fraction of sp³-hybridized carbons (Fsp3) is 0.185. The maximum absolute atomic E-state index is 14.2. The molecule has 0 spiro atoms. The predicted octanol–water partition coefficient (Wildman–Crippen LogP) is 5.77. The summed E-state index contributed by atoms with van der Waals surface area (Å²) in [4.78, 5) is 20.8. The van der Waals surface area contributed by atoms with Gasteiger partial charge in [0.05, 0.1) is 21.7 Å². The number of hydrogen-bond acceptors (Lipinski definition) is 6. The topological polar surface area (TPSA) is 103 Å². The third-order valence-electron chi connectivity index (χ3n) is 6.41. The van der Waals surface area contributed by atoms with E-state index in [1.54, 1.807) is 42.5 Å². The van der Waals surface area contributed by atoms with E-state index in [9.17, 15) is 22.7 Å². The lowest BCUT2D eigenvalue weighted by Crippen LogP contribution is -2.47. The highest BCUT2D eigenvalue weighted by Gasteiger charge is 2.23. The molecule has 2 heterocycles. The van der Waals surface area contributed by atoms with Crippen LogP contribution in [0.2, 0.25) is 0 Å². The van der Waals surface area contributed by atoms with Crippen molar-refractivity contribution in [3.05, 3.63) is 89.7 Å². The first-order chi connectivity index (χ1) is 17.7. The van der Waals surface area contributed by atoms with Gasteiger partial charge in [-0.05, 0) is 55.5 Å². The third-order valence-corrected chi connectivity index (χ3v) is 7.80. The van der Waals surface area contributed by atoms with Crippen LogP contribution in [0.25, 0.3) is 10.9 Å². The number of benzene rings is 3. The van der Waals surface area contributed by atoms with Crippen LogP contribution in [0, 0.1) is 12.7 Å². The second kappa shape index (κ2) is 13.4. The van der Waals surface area contributed by atoms with E-state index in [1.807, 2.05) is 16.7 Å². The molecule has 1 aliphatic heterocycles. The third kappa shape index (κ3) is 6.87. The van der Waals surface area contributed by atoms with Crippen molar-refractivity contribution in [2.45, 2.75) is 11.8 Å². The Morgan fingerprint density at radius 3 is 2.15 bits per heavy atom. The number of nitrogens with zero attached hydrogens (tertiary/aromatic N) is 3. The summed E-state index contributed by atoms with van der Waals surface area (Å²) >= 11 is 0. The number of aromatic nitrogens is 1. The maximum atomic E-state index is 14.2. The van der Waals surface area contributed by atoms with Crippen LogP contribution in [0.1, 0.15) is 15.9 Å². The van der Waals surface area contributed by atoms with Gasteiger partial charge in [0.15, 0.2) is 0 Å². The van der Waals surface area contributed by atoms with Gasteiger partial charge in [-0.2, -0.15) is 0 Å². The number of pyridine rings is 1. The van der Waals surface area contributed by atoms with E-state index in [1.165, 1.54) is 30.3 Å². The molecule has 1 saturated heterocycles. The Morgan fingerprint density at radius 1 is 0.900 bits per heavy atom. The quantitative estimate of drug-likeness (QED) is 0.279. The van der Waals surface area contributed by atoms with Crippen molar-refractivity contribution in [1.29, 1.82) is 0 Å². The van der Waals surface area contributed by atoms with Gasteiger partial charge in [0.25, 0.3) is 10.0 Å². The lowest BCUT2D eigenvalue weighted by Gasteiger charge is -2.37. The van der Waals surface area contributed by atoms with Crippen LogP contribution in [0.15, 0.2) is 77.7 Å². The van der Waals surface area contributed by atoms with Crippen LogP contribution in [0.3, 0.4) is 0 Å². The first kappa shape index (κ1) is 32.9. The van der Waals surface area contributed by atoms with Gasteiger partial charge in [-0.3, -0.25) is 4.72 Å². The minimum atomic E-state index is -3.85. The van der Waals surface area contributed by atoms with E-state index in [0.29, 0.717) is 48.6 Å². The number of hydrogen-bond donors (Lipinski definition) is 2. The molecule has 0 bridgehead atoms. The Balaban J connectivity index is 0.00000187. The normalized spacial score (nSPS) is 13.1. The van der Waals surface area contributed by atoms with Crippen molar-refractivity contribution in [3.8, 4) is 0 Å². The number of carbonyl (C=O) groups is 1. The Morgan fingerprint density at radius 2 is 1.52 bits per heavy atom. The summed E-state index contributed by atoms with van der Waals surface area (Å²) in [5.41, 5.74) is 2.17. The highest BCUT2D eigenvalue weighted by atomic mass is 35.5. The molecule has 0 aliphatic carbocycles. The summed E-state index contributed by atoms with van der Waals surface area (Å²) in [6.45, 7) is 4.07. The van der Waals surface area contributed by atoms with Crippen molar-refractivity contribution < 1.29 is 22.7 Å². The van der Waals surface area contributed by atoms with Gasteiger partial charge in [0.1, 0.15) is 11.6 Å². The molecule has 1 fully saturated rings. The molecule has 40 heavy (non-hydrogen) atoms. The van der Waals surface area contributed by atoms with Crippen molar-refractivity contribution in [2.24, 2.45) is 0 Å². The molecule has 1 aromatic heterocycles. The number of rotatable bonds is 6. The second-order valence-electron chi connectivity index (χ2n) is 8.91. The second-order valence-corrected chi connectivity index (χ2v) is 10.6. The lowest BCUT2D eigenvalue weighted by atomic mass is 10.1. The monoisotopic (exact) mass is 628 g/mol. The van der Waals surface area contributed by atoms with E-state index in [0.717, 1.165) is 5.56 Å². The summed E-state index contributed by atoms with van der Waals surface area (Å²) in [6.07, 6.45) is 0. The highest BCUT2D eigenvalue weighted by Crippen LogP contribution is 2.29. The number of aryl methyl sites for hydroxylation is 1. The molecule has 4 aromatic rings. The summed E-state index contributed by atoms with van der Waals surface area (Å²) in [5, 5.41) is 10.2. The number of fused-ring (bicyclic) bond motifs is 1. The molecule has 0 atom stereocenters. The van der Waals surface area contributed by atoms with E-state index < -0.39 is 16.0 Å². The summed E-state index contributed by atoms with van der Waals surface area (Å²) < 4.78 is 42.3. The molecule has 1 aliphatic rings. The molecule has 214 valence electrons. The Labute approximate surface area is 250 Å². The van der Waals surface area contributed by atoms with Crippen LogP contribution in [-0.4, -0.2) is 50.7 Å². The first-order valence-electron chi connectivity index (χ1n) is 11.7. The molecule has 2 N–H and O–H groups in total. The molecule has 8 nitrogen and oxygen atoms in total. The van der Waals surface area contributed by atoms with Gasteiger partial charge in [0, 0.05) is 37.3 Å². The maximum Gasteiger partial charge on any atom is 0.336 e. The number of nitrogens with one attached hydrogen (secondary N) is 1. The molecular weight excluding hydrogens is 602 g/mol. The molecule has 5 rings (SSSR count). The summed E-state index contributed by atoms with van der Waals surface area (Å²) in [5.74, 6) is -0.912. The number of aromatic carboxylic acids is 1. The van der Waals surface area contributed by atoms with Crippen molar-refractivity contribution in [1.82, 2.24) is 4.98 Å². The average Bonchev–Trinajstić information content (AvgIpc) is 2.88. The molecule has 0 amide bonds. The SMILES string of the molecule is Cc1ccc(S(=O)(=O)Nc2ccc3nc(N4CCN(c5ccccc5F)CC4)cc(C(=O)O)c3c2)cc1.Cl.Cl.Cl. The van der Waals surface area contributed by atoms with Crippen molar-refractivity contribution >= 4 is 81.3 Å². The molecule has 13 heteroatoms. The van der Waals surface area contributed by atoms with Crippen LogP contribution >= 0.6 is 37.2 Å². The van der Waals surface area contributed by atoms with Gasteiger partial charge in [0.2, 0.25) is 0 Å². The molecule has 3 aromatic carbocycles. The number of carboxylic acid groups (broad SMARTS) is 1. The zero-order valence-corrected chi connectivity index (χ0v) is 24.5. The fourth-order valence-electron chi connectivity index (χ4n) is 4.43. The number of para-hydroxylation sites is 1. The number of anilines is 3. The Kier molecular flexibility index (Phi) is 11.0. The average molecular weight is 630 g/mol. The standard InChI is InChI=1S/C27H25FN4O4S.3ClH/c1-18-6-9-20(10-7-18)37(35,36)30-19-8-11-24-21(16-19)22(27(33)34)17-26(29-24)32-14-12-31(13-15-32)25-5-3-2-4-23(25)28;;;/h2-11,16-17,30H,12-15H2,1H3,(H,33,34);3*1H. The van der Waals surface area contributed by atoms with Crippen LogP contribution < -0.4 is 14.5 Å². The van der Waals surface area contributed by atoms with E-state index in [2.05, 4.69) is 9.71 Å². The van der Waals surface area contributed by atoms with Gasteiger partial charge >= 0.3 is 5.97 Å². The van der Waals surface area contributed by atoms with Gasteiger partial charge in [-0.25, -0.2) is 22.6 Å². The molecule has 0 unspecified atom stereocenters. The van der Waals surface area contributed by atoms with E-state index in [-0.39, 0.29) is 59.2 Å². The van der Waals surface area contributed by atoms with Gasteiger partial charge in [-0.15, -0.1) is 37.2 Å². The smallest absolute Gasteiger partial charge is 0.336 e. The van der Waals surface area contributed by atoms with Crippen molar-refractivity contribution in [2.75, 3.05) is 40.7 Å². The number of halogens is 4. The minimum Gasteiger partial charge on any atom is -0.478 e. The van der Waals surface area contributed by atoms with Crippen LogP contribution in [-0.2, 0) is 10.0 Å².